The van der Waals surface area contributed by atoms with Crippen molar-refractivity contribution in [2.24, 2.45) is 10.8 Å². The first-order valence-corrected chi connectivity index (χ1v) is 19.8. The maximum atomic E-state index is 13.2. The molecule has 0 spiro atoms. The van der Waals surface area contributed by atoms with Crippen LogP contribution in [0.2, 0.25) is 0 Å². The number of hydrogen-bond donors (Lipinski definition) is 2. The van der Waals surface area contributed by atoms with Gasteiger partial charge in [-0.2, -0.15) is 10.5 Å². The summed E-state index contributed by atoms with van der Waals surface area (Å²) >= 11 is 6.01. The van der Waals surface area contributed by atoms with E-state index >= 15 is 0 Å². The second-order valence-electron chi connectivity index (χ2n) is 13.4. The molecule has 2 aromatic carbocycles. The molecule has 2 aliphatic carbocycles. The SMILES string of the molecule is Cc1ccc(C2c3cc(C#N)ccc3C[C@]2(C)C(=O)Nc2nncs2)s1.Cc1ccc([C@H]2c3cc(C#N)ccc3C[C@@]2(C)C(=O)Nc2nncs2)s1. The molecule has 4 aromatic heterocycles. The van der Waals surface area contributed by atoms with E-state index in [0.717, 1.165) is 32.0 Å². The van der Waals surface area contributed by atoms with E-state index < -0.39 is 10.8 Å². The van der Waals surface area contributed by atoms with Crippen molar-refractivity contribution in [3.8, 4) is 12.1 Å². The van der Waals surface area contributed by atoms with Crippen molar-refractivity contribution in [3.63, 3.8) is 0 Å². The van der Waals surface area contributed by atoms with Crippen LogP contribution >= 0.6 is 45.3 Å². The smallest absolute Gasteiger partial charge is 0.233 e. The number of benzene rings is 2. The summed E-state index contributed by atoms with van der Waals surface area (Å²) < 4.78 is 0. The third-order valence-corrected chi connectivity index (χ3v) is 13.2. The number of anilines is 2. The van der Waals surface area contributed by atoms with Crippen LogP contribution in [0.25, 0.3) is 0 Å². The standard InChI is InChI=1S/2C19H16N4OS2/c2*1-11-3-6-15(26-11)16-14-7-12(9-20)4-5-13(14)8-19(16,2)17(24)22-18-23-21-10-25-18/h2*3-7,10,16H,8H2,1-2H3,(H,22,23,24)/t16?,19-;16-,19-/m01/s1. The lowest BCUT2D eigenvalue weighted by molar-refractivity contribution is -0.125. The van der Waals surface area contributed by atoms with Gasteiger partial charge in [0.25, 0.3) is 0 Å². The third kappa shape index (κ3) is 6.55. The molecule has 260 valence electrons. The van der Waals surface area contributed by atoms with Gasteiger partial charge in [0.1, 0.15) is 11.0 Å². The molecule has 0 saturated carbocycles. The minimum absolute atomic E-state index is 0.0694. The number of carbonyl (C=O) groups excluding carboxylic acids is 2. The number of nitrogens with zero attached hydrogens (tertiary/aromatic N) is 6. The molecule has 2 amide bonds. The molecule has 6 aromatic rings. The van der Waals surface area contributed by atoms with E-state index in [2.05, 4.69) is 81.3 Å². The first-order valence-electron chi connectivity index (χ1n) is 16.4. The van der Waals surface area contributed by atoms with Gasteiger partial charge in [-0.1, -0.05) is 34.8 Å². The van der Waals surface area contributed by atoms with Crippen molar-refractivity contribution >= 4 is 67.4 Å². The molecular weight excluding hydrogens is 729 g/mol. The van der Waals surface area contributed by atoms with Gasteiger partial charge in [-0.15, -0.1) is 43.1 Å². The van der Waals surface area contributed by atoms with Crippen LogP contribution in [-0.4, -0.2) is 32.2 Å². The van der Waals surface area contributed by atoms with Gasteiger partial charge in [-0.3, -0.25) is 9.59 Å². The zero-order chi connectivity index (χ0) is 36.6. The predicted octanol–water partition coefficient (Wildman–Crippen LogP) is 8.23. The van der Waals surface area contributed by atoms with Crippen molar-refractivity contribution in [1.82, 2.24) is 20.4 Å². The molecule has 14 heteroatoms. The maximum absolute atomic E-state index is 13.2. The Morgan fingerprint density at radius 3 is 1.44 bits per heavy atom. The highest BCUT2D eigenvalue weighted by Gasteiger charge is 2.51. The Bertz CT molecular complexity index is 2200. The molecule has 0 fully saturated rings. The second-order valence-corrected chi connectivity index (χ2v) is 17.7. The number of thiophene rings is 2. The monoisotopic (exact) mass is 760 g/mol. The van der Waals surface area contributed by atoms with Crippen LogP contribution in [0, 0.1) is 47.3 Å². The lowest BCUT2D eigenvalue weighted by Crippen LogP contribution is -2.37. The Balaban J connectivity index is 0.000000162. The Kier molecular flexibility index (Phi) is 9.59. The summed E-state index contributed by atoms with van der Waals surface area (Å²) in [7, 11) is 0. The Hall–Kier alpha value is -5.12. The van der Waals surface area contributed by atoms with Crippen LogP contribution in [-0.2, 0) is 22.4 Å². The lowest BCUT2D eigenvalue weighted by atomic mass is 9.76. The number of nitriles is 2. The summed E-state index contributed by atoms with van der Waals surface area (Å²) in [6.07, 6.45) is 1.25. The topological polar surface area (TPSA) is 157 Å². The molecular formula is C38H32N8O2S4. The first-order chi connectivity index (χ1) is 25.0. The summed E-state index contributed by atoms with van der Waals surface area (Å²) in [5, 5.41) is 40.9. The van der Waals surface area contributed by atoms with Crippen LogP contribution in [0.5, 0.6) is 0 Å². The number of rotatable bonds is 6. The van der Waals surface area contributed by atoms with Crippen LogP contribution in [0.3, 0.4) is 0 Å². The van der Waals surface area contributed by atoms with Crippen molar-refractivity contribution in [1.29, 1.82) is 10.5 Å². The minimum atomic E-state index is -0.653. The first kappa shape index (κ1) is 35.3. The number of aryl methyl sites for hydroxylation is 2. The van der Waals surface area contributed by atoms with E-state index in [0.29, 0.717) is 34.2 Å². The van der Waals surface area contributed by atoms with Crippen molar-refractivity contribution in [2.75, 3.05) is 10.6 Å². The van der Waals surface area contributed by atoms with E-state index in [4.69, 9.17) is 0 Å². The molecule has 0 bridgehead atoms. The van der Waals surface area contributed by atoms with Gasteiger partial charge in [0.15, 0.2) is 0 Å². The Labute approximate surface area is 316 Å². The fraction of sp³-hybridized carbons (Fsp3) is 0.263. The summed E-state index contributed by atoms with van der Waals surface area (Å²) in [6, 6.07) is 24.2. The van der Waals surface area contributed by atoms with Gasteiger partial charge >= 0.3 is 0 Å². The van der Waals surface area contributed by atoms with Crippen molar-refractivity contribution in [2.45, 2.75) is 52.4 Å². The largest absolute Gasteiger partial charge is 0.300 e. The number of fused-ring (bicyclic) bond motifs is 2. The van der Waals surface area contributed by atoms with Crippen molar-refractivity contribution < 1.29 is 9.59 Å². The zero-order valence-corrected chi connectivity index (χ0v) is 31.9. The van der Waals surface area contributed by atoms with Gasteiger partial charge in [0.2, 0.25) is 22.1 Å². The molecule has 0 saturated heterocycles. The highest BCUT2D eigenvalue weighted by atomic mass is 32.1. The van der Waals surface area contributed by atoms with Crippen molar-refractivity contribution in [3.05, 3.63) is 125 Å². The molecule has 10 nitrogen and oxygen atoms in total. The lowest BCUT2D eigenvalue weighted by Gasteiger charge is -2.29. The van der Waals surface area contributed by atoms with Gasteiger partial charge in [0.05, 0.1) is 34.1 Å². The Morgan fingerprint density at radius 2 is 1.12 bits per heavy atom. The number of aromatic nitrogens is 4. The maximum Gasteiger partial charge on any atom is 0.233 e. The fourth-order valence-corrected chi connectivity index (χ4v) is 10.6. The molecule has 2 aliphatic rings. The van der Waals surface area contributed by atoms with E-state index in [1.807, 2.05) is 50.2 Å². The zero-order valence-electron chi connectivity index (χ0n) is 28.6. The summed E-state index contributed by atoms with van der Waals surface area (Å²) in [6.45, 7) is 8.12. The minimum Gasteiger partial charge on any atom is -0.300 e. The van der Waals surface area contributed by atoms with E-state index in [1.54, 1.807) is 33.7 Å². The van der Waals surface area contributed by atoms with Gasteiger partial charge in [-0.05, 0) is 111 Å². The van der Waals surface area contributed by atoms with Gasteiger partial charge in [0, 0.05) is 31.3 Å². The molecule has 0 aliphatic heterocycles. The predicted molar refractivity (Wildman–Crippen MR) is 205 cm³/mol. The summed E-state index contributed by atoms with van der Waals surface area (Å²) in [5.74, 6) is -0.310. The summed E-state index contributed by atoms with van der Waals surface area (Å²) in [4.78, 5) is 31.1. The van der Waals surface area contributed by atoms with Gasteiger partial charge in [-0.25, -0.2) is 0 Å². The van der Waals surface area contributed by atoms with Crippen LogP contribution in [0.1, 0.15) is 78.6 Å². The molecule has 0 radical (unpaired) electrons. The fourth-order valence-electron chi connectivity index (χ4n) is 7.38. The van der Waals surface area contributed by atoms with Crippen LogP contribution in [0.4, 0.5) is 10.3 Å². The third-order valence-electron chi connectivity index (χ3n) is 9.85. The quantitative estimate of drug-likeness (QED) is 0.172. The number of nitrogens with one attached hydrogen (secondary N) is 2. The molecule has 1 unspecified atom stereocenters. The van der Waals surface area contributed by atoms with Crippen LogP contribution in [0.15, 0.2) is 71.7 Å². The highest BCUT2D eigenvalue weighted by molar-refractivity contribution is 7.14. The van der Waals surface area contributed by atoms with E-state index in [-0.39, 0.29) is 23.7 Å². The highest BCUT2D eigenvalue weighted by Crippen LogP contribution is 2.54. The average Bonchev–Trinajstić information content (AvgIpc) is 3.99. The normalized spacial score (nSPS) is 21.2. The number of amides is 2. The van der Waals surface area contributed by atoms with Gasteiger partial charge < -0.3 is 10.6 Å². The molecule has 8 rings (SSSR count). The van der Waals surface area contributed by atoms with E-state index in [9.17, 15) is 20.1 Å². The molecule has 4 heterocycles. The number of hydrogen-bond acceptors (Lipinski definition) is 12. The van der Waals surface area contributed by atoms with Crippen LogP contribution < -0.4 is 10.6 Å². The summed E-state index contributed by atoms with van der Waals surface area (Å²) in [5.41, 5.74) is 7.51. The van der Waals surface area contributed by atoms with E-state index in [1.165, 1.54) is 32.4 Å². The second kappa shape index (κ2) is 14.1. The molecule has 52 heavy (non-hydrogen) atoms. The molecule has 2 N–H and O–H groups in total. The average molecular weight is 761 g/mol. The number of carbonyl (C=O) groups is 2. The Morgan fingerprint density at radius 1 is 0.692 bits per heavy atom. The molecule has 4 atom stereocenters.